The van der Waals surface area contributed by atoms with E-state index in [1.807, 2.05) is 13.0 Å². The number of rotatable bonds is 4. The van der Waals surface area contributed by atoms with Gasteiger partial charge in [0.15, 0.2) is 0 Å². The number of nitrogens with zero attached hydrogens (tertiary/aromatic N) is 1. The van der Waals surface area contributed by atoms with E-state index in [1.165, 1.54) is 5.56 Å². The van der Waals surface area contributed by atoms with Crippen molar-refractivity contribution in [3.05, 3.63) is 35.9 Å². The van der Waals surface area contributed by atoms with Crippen LogP contribution in [0.3, 0.4) is 0 Å². The van der Waals surface area contributed by atoms with E-state index in [0.717, 1.165) is 13.0 Å². The second kappa shape index (κ2) is 4.33. The first-order valence-electron chi connectivity index (χ1n) is 5.74. The first kappa shape index (κ1) is 10.7. The summed E-state index contributed by atoms with van der Waals surface area (Å²) >= 11 is 0. The molecule has 2 rings (SSSR count). The molecule has 82 valence electrons. The molecular formula is C13H19NO. The standard InChI is InChI=1S/C13H19NO/c1-3-9-14-12(10(2)15)13(14)11-7-5-4-6-8-11/h4-8,10,12-13,15H,3,9H2,1-2H3/t10-,12-,13+,14?/m1/s1. The monoisotopic (exact) mass is 205 g/mol. The molecule has 0 bridgehead atoms. The molecule has 0 spiro atoms. The molecule has 0 saturated carbocycles. The Bertz CT molecular complexity index is 310. The molecule has 0 aliphatic carbocycles. The molecule has 4 atom stereocenters. The van der Waals surface area contributed by atoms with Crippen LogP contribution in [0.15, 0.2) is 30.3 Å². The maximum Gasteiger partial charge on any atom is 0.0686 e. The van der Waals surface area contributed by atoms with E-state index in [2.05, 4.69) is 36.1 Å². The highest BCUT2D eigenvalue weighted by atomic mass is 16.3. The Morgan fingerprint density at radius 2 is 2.00 bits per heavy atom. The van der Waals surface area contributed by atoms with Gasteiger partial charge in [0.05, 0.1) is 18.2 Å². The maximum atomic E-state index is 9.68. The largest absolute Gasteiger partial charge is 0.392 e. The first-order chi connectivity index (χ1) is 7.25. The third kappa shape index (κ3) is 2.06. The Morgan fingerprint density at radius 3 is 2.53 bits per heavy atom. The fraction of sp³-hybridized carbons (Fsp3) is 0.538. The van der Waals surface area contributed by atoms with Crippen LogP contribution in [0.4, 0.5) is 0 Å². The Labute approximate surface area is 91.5 Å². The van der Waals surface area contributed by atoms with Gasteiger partial charge in [-0.2, -0.15) is 0 Å². The highest BCUT2D eigenvalue weighted by molar-refractivity contribution is 5.27. The van der Waals surface area contributed by atoms with Crippen LogP contribution < -0.4 is 0 Å². The molecule has 1 unspecified atom stereocenters. The minimum atomic E-state index is -0.234. The van der Waals surface area contributed by atoms with Crippen molar-refractivity contribution in [3.63, 3.8) is 0 Å². The molecule has 1 heterocycles. The van der Waals surface area contributed by atoms with Gasteiger partial charge in [-0.25, -0.2) is 0 Å². The summed E-state index contributed by atoms with van der Waals surface area (Å²) in [5.41, 5.74) is 1.33. The van der Waals surface area contributed by atoms with E-state index in [0.29, 0.717) is 12.1 Å². The van der Waals surface area contributed by atoms with Crippen LogP contribution in [0.25, 0.3) is 0 Å². The zero-order chi connectivity index (χ0) is 10.8. The van der Waals surface area contributed by atoms with Crippen molar-refractivity contribution in [1.82, 2.24) is 4.90 Å². The van der Waals surface area contributed by atoms with Crippen LogP contribution >= 0.6 is 0 Å². The molecule has 0 aromatic heterocycles. The summed E-state index contributed by atoms with van der Waals surface area (Å²) in [4.78, 5) is 2.38. The molecule has 2 heteroatoms. The Balaban J connectivity index is 2.10. The molecule has 1 aliphatic rings. The van der Waals surface area contributed by atoms with Crippen LogP contribution in [0.2, 0.25) is 0 Å². The van der Waals surface area contributed by atoms with Gasteiger partial charge in [-0.3, -0.25) is 4.90 Å². The molecule has 2 nitrogen and oxygen atoms in total. The van der Waals surface area contributed by atoms with Crippen molar-refractivity contribution < 1.29 is 5.11 Å². The van der Waals surface area contributed by atoms with Crippen molar-refractivity contribution >= 4 is 0 Å². The number of aliphatic hydroxyl groups excluding tert-OH is 1. The molecule has 1 fully saturated rings. The van der Waals surface area contributed by atoms with Crippen LogP contribution in [-0.2, 0) is 0 Å². The van der Waals surface area contributed by atoms with Gasteiger partial charge in [-0.1, -0.05) is 37.3 Å². The van der Waals surface area contributed by atoms with Crippen LogP contribution in [0.1, 0.15) is 31.9 Å². The van der Waals surface area contributed by atoms with Crippen molar-refractivity contribution in [2.75, 3.05) is 6.54 Å². The summed E-state index contributed by atoms with van der Waals surface area (Å²) in [7, 11) is 0. The average Bonchev–Trinajstić information content (AvgIpc) is 2.94. The van der Waals surface area contributed by atoms with E-state index in [4.69, 9.17) is 0 Å². The van der Waals surface area contributed by atoms with Crippen molar-refractivity contribution in [2.24, 2.45) is 0 Å². The molecule has 15 heavy (non-hydrogen) atoms. The van der Waals surface area contributed by atoms with E-state index in [-0.39, 0.29) is 6.10 Å². The molecular weight excluding hydrogens is 186 g/mol. The number of aliphatic hydroxyl groups is 1. The number of benzene rings is 1. The molecule has 0 amide bonds. The summed E-state index contributed by atoms with van der Waals surface area (Å²) in [6, 6.07) is 11.2. The lowest BCUT2D eigenvalue weighted by Crippen LogP contribution is -2.15. The van der Waals surface area contributed by atoms with E-state index in [9.17, 15) is 5.11 Å². The second-order valence-corrected chi connectivity index (χ2v) is 4.32. The van der Waals surface area contributed by atoms with Gasteiger partial charge in [0.1, 0.15) is 0 Å². The van der Waals surface area contributed by atoms with Gasteiger partial charge in [0.2, 0.25) is 0 Å². The Morgan fingerprint density at radius 1 is 1.33 bits per heavy atom. The minimum absolute atomic E-state index is 0.234. The maximum absolute atomic E-state index is 9.68. The van der Waals surface area contributed by atoms with E-state index in [1.54, 1.807) is 0 Å². The van der Waals surface area contributed by atoms with E-state index >= 15 is 0 Å². The first-order valence-corrected chi connectivity index (χ1v) is 5.74. The summed E-state index contributed by atoms with van der Waals surface area (Å²) in [5.74, 6) is 0. The average molecular weight is 205 g/mol. The van der Waals surface area contributed by atoms with Gasteiger partial charge in [0.25, 0.3) is 0 Å². The quantitative estimate of drug-likeness (QED) is 0.762. The van der Waals surface area contributed by atoms with Gasteiger partial charge in [-0.15, -0.1) is 0 Å². The third-order valence-corrected chi connectivity index (χ3v) is 3.09. The van der Waals surface area contributed by atoms with Gasteiger partial charge < -0.3 is 5.11 Å². The van der Waals surface area contributed by atoms with Crippen LogP contribution in [0, 0.1) is 0 Å². The van der Waals surface area contributed by atoms with Crippen molar-refractivity contribution in [2.45, 2.75) is 38.5 Å². The van der Waals surface area contributed by atoms with Crippen LogP contribution in [0.5, 0.6) is 0 Å². The minimum Gasteiger partial charge on any atom is -0.392 e. The van der Waals surface area contributed by atoms with Crippen molar-refractivity contribution in [3.8, 4) is 0 Å². The van der Waals surface area contributed by atoms with Gasteiger partial charge >= 0.3 is 0 Å². The summed E-state index contributed by atoms with van der Waals surface area (Å²) < 4.78 is 0. The second-order valence-electron chi connectivity index (χ2n) is 4.32. The summed E-state index contributed by atoms with van der Waals surface area (Å²) in [6.07, 6.45) is 0.911. The van der Waals surface area contributed by atoms with E-state index < -0.39 is 0 Å². The SMILES string of the molecule is CCCN1[C@H]([C@@H](C)O)[C@@H]1c1ccccc1. The predicted molar refractivity (Wildman–Crippen MR) is 61.6 cm³/mol. The lowest BCUT2D eigenvalue weighted by Gasteiger charge is -2.01. The molecule has 1 aliphatic heterocycles. The normalized spacial score (nSPS) is 31.3. The molecule has 1 N–H and O–H groups in total. The third-order valence-electron chi connectivity index (χ3n) is 3.09. The van der Waals surface area contributed by atoms with Crippen LogP contribution in [-0.4, -0.2) is 28.7 Å². The summed E-state index contributed by atoms with van der Waals surface area (Å²) in [6.45, 7) is 5.14. The van der Waals surface area contributed by atoms with Gasteiger partial charge in [-0.05, 0) is 25.5 Å². The Hall–Kier alpha value is -0.860. The molecule has 1 aromatic rings. The highest BCUT2D eigenvalue weighted by Gasteiger charge is 2.49. The molecule has 1 saturated heterocycles. The zero-order valence-electron chi connectivity index (χ0n) is 9.43. The van der Waals surface area contributed by atoms with Gasteiger partial charge in [0, 0.05) is 0 Å². The number of hydrogen-bond acceptors (Lipinski definition) is 2. The number of hydrogen-bond donors (Lipinski definition) is 1. The fourth-order valence-electron chi connectivity index (χ4n) is 2.42. The fourth-order valence-corrected chi connectivity index (χ4v) is 2.42. The smallest absolute Gasteiger partial charge is 0.0686 e. The highest BCUT2D eigenvalue weighted by Crippen LogP contribution is 2.44. The summed E-state index contributed by atoms with van der Waals surface area (Å²) in [5, 5.41) is 9.68. The zero-order valence-corrected chi connectivity index (χ0v) is 9.43. The van der Waals surface area contributed by atoms with Crippen molar-refractivity contribution in [1.29, 1.82) is 0 Å². The lowest BCUT2D eigenvalue weighted by atomic mass is 10.1. The molecule has 1 aromatic carbocycles. The predicted octanol–water partition coefficient (Wildman–Crippen LogP) is 2.20. The lowest BCUT2D eigenvalue weighted by molar-refractivity contribution is 0.174. The topological polar surface area (TPSA) is 23.2 Å². The Kier molecular flexibility index (Phi) is 3.08. The molecule has 0 radical (unpaired) electrons.